The zero-order chi connectivity index (χ0) is 13.6. The van der Waals surface area contributed by atoms with Gasteiger partial charge in [-0.05, 0) is 30.4 Å². The molecule has 5 heteroatoms. The molecule has 0 saturated carbocycles. The van der Waals surface area contributed by atoms with Crippen LogP contribution < -0.4 is 10.6 Å². The summed E-state index contributed by atoms with van der Waals surface area (Å²) in [5.74, 6) is 0. The fourth-order valence-corrected chi connectivity index (χ4v) is 1.49. The van der Waals surface area contributed by atoms with Gasteiger partial charge in [0, 0.05) is 31.2 Å². The standard InChI is InChI=1S/C13H21N3O2/c1-10-8-14-6-4-11(10)16-12(18)15-9-13(2,3)5-7-17/h4,6,8,17H,5,7,9H2,1-3H3,(H2,14,15,16,18). The lowest BCUT2D eigenvalue weighted by atomic mass is 9.90. The maximum atomic E-state index is 11.7. The van der Waals surface area contributed by atoms with Crippen molar-refractivity contribution in [2.24, 2.45) is 5.41 Å². The third kappa shape index (κ3) is 4.71. The highest BCUT2D eigenvalue weighted by Gasteiger charge is 2.18. The lowest BCUT2D eigenvalue weighted by Crippen LogP contribution is -2.37. The molecule has 0 aliphatic carbocycles. The first-order chi connectivity index (χ1) is 8.44. The molecule has 5 nitrogen and oxygen atoms in total. The van der Waals surface area contributed by atoms with Crippen molar-refractivity contribution in [3.05, 3.63) is 24.0 Å². The Kier molecular flexibility index (Phi) is 5.09. The molecule has 100 valence electrons. The SMILES string of the molecule is Cc1cnccc1NC(=O)NCC(C)(C)CCO. The second-order valence-corrected chi connectivity index (χ2v) is 5.14. The first-order valence-corrected chi connectivity index (χ1v) is 6.01. The van der Waals surface area contributed by atoms with Crippen molar-refractivity contribution in [1.82, 2.24) is 10.3 Å². The van der Waals surface area contributed by atoms with Crippen LogP contribution >= 0.6 is 0 Å². The van der Waals surface area contributed by atoms with Crippen LogP contribution in [0.25, 0.3) is 0 Å². The van der Waals surface area contributed by atoms with E-state index in [1.807, 2.05) is 20.8 Å². The molecule has 1 aromatic heterocycles. The lowest BCUT2D eigenvalue weighted by Gasteiger charge is -2.24. The number of pyridine rings is 1. The number of carbonyl (C=O) groups excluding carboxylic acids is 1. The quantitative estimate of drug-likeness (QED) is 0.748. The Morgan fingerprint density at radius 3 is 2.83 bits per heavy atom. The Morgan fingerprint density at radius 2 is 2.22 bits per heavy atom. The Labute approximate surface area is 108 Å². The van der Waals surface area contributed by atoms with Gasteiger partial charge in [0.1, 0.15) is 0 Å². The van der Waals surface area contributed by atoms with Crippen molar-refractivity contribution in [2.45, 2.75) is 27.2 Å². The third-order valence-corrected chi connectivity index (χ3v) is 2.78. The number of aliphatic hydroxyl groups excluding tert-OH is 1. The molecule has 0 radical (unpaired) electrons. The van der Waals surface area contributed by atoms with E-state index in [1.54, 1.807) is 18.5 Å². The van der Waals surface area contributed by atoms with Gasteiger partial charge in [0.15, 0.2) is 0 Å². The summed E-state index contributed by atoms with van der Waals surface area (Å²) in [4.78, 5) is 15.7. The van der Waals surface area contributed by atoms with E-state index in [2.05, 4.69) is 15.6 Å². The van der Waals surface area contributed by atoms with Crippen molar-refractivity contribution in [3.63, 3.8) is 0 Å². The number of rotatable bonds is 5. The van der Waals surface area contributed by atoms with Crippen LogP contribution in [0.3, 0.4) is 0 Å². The number of aromatic nitrogens is 1. The van der Waals surface area contributed by atoms with E-state index in [4.69, 9.17) is 5.11 Å². The van der Waals surface area contributed by atoms with Crippen LogP contribution in [-0.2, 0) is 0 Å². The molecule has 0 aliphatic rings. The number of hydrogen-bond acceptors (Lipinski definition) is 3. The molecule has 3 N–H and O–H groups in total. The highest BCUT2D eigenvalue weighted by Crippen LogP contribution is 2.18. The summed E-state index contributed by atoms with van der Waals surface area (Å²) in [5, 5.41) is 14.5. The molecule has 1 aromatic rings. The van der Waals surface area contributed by atoms with E-state index in [0.29, 0.717) is 13.0 Å². The van der Waals surface area contributed by atoms with E-state index in [-0.39, 0.29) is 18.1 Å². The summed E-state index contributed by atoms with van der Waals surface area (Å²) in [7, 11) is 0. The number of anilines is 1. The molecule has 0 unspecified atom stereocenters. The summed E-state index contributed by atoms with van der Waals surface area (Å²) in [6.45, 7) is 6.53. The predicted octanol–water partition coefficient (Wildman–Crippen LogP) is 1.92. The minimum absolute atomic E-state index is 0.112. The minimum atomic E-state index is -0.240. The van der Waals surface area contributed by atoms with Crippen molar-refractivity contribution >= 4 is 11.7 Å². The monoisotopic (exact) mass is 251 g/mol. The summed E-state index contributed by atoms with van der Waals surface area (Å²) < 4.78 is 0. The van der Waals surface area contributed by atoms with Gasteiger partial charge in [-0.25, -0.2) is 4.79 Å². The van der Waals surface area contributed by atoms with Crippen molar-refractivity contribution in [2.75, 3.05) is 18.5 Å². The smallest absolute Gasteiger partial charge is 0.319 e. The fraction of sp³-hybridized carbons (Fsp3) is 0.538. The first kappa shape index (κ1) is 14.4. The normalized spacial score (nSPS) is 11.1. The second-order valence-electron chi connectivity index (χ2n) is 5.14. The number of nitrogens with zero attached hydrogens (tertiary/aromatic N) is 1. The maximum absolute atomic E-state index is 11.7. The maximum Gasteiger partial charge on any atom is 0.319 e. The molecule has 1 rings (SSSR count). The molecule has 0 aromatic carbocycles. The first-order valence-electron chi connectivity index (χ1n) is 6.01. The Bertz CT molecular complexity index is 405. The Balaban J connectivity index is 2.46. The van der Waals surface area contributed by atoms with E-state index in [1.165, 1.54) is 0 Å². The fourth-order valence-electron chi connectivity index (χ4n) is 1.49. The summed E-state index contributed by atoms with van der Waals surface area (Å²) in [5.41, 5.74) is 1.56. The van der Waals surface area contributed by atoms with Crippen LogP contribution in [0.1, 0.15) is 25.8 Å². The minimum Gasteiger partial charge on any atom is -0.396 e. The highest BCUT2D eigenvalue weighted by molar-refractivity contribution is 5.89. The van der Waals surface area contributed by atoms with Gasteiger partial charge < -0.3 is 15.7 Å². The van der Waals surface area contributed by atoms with Crippen LogP contribution in [0, 0.1) is 12.3 Å². The van der Waals surface area contributed by atoms with Gasteiger partial charge in [-0.15, -0.1) is 0 Å². The lowest BCUT2D eigenvalue weighted by molar-refractivity contribution is 0.204. The predicted molar refractivity (Wildman–Crippen MR) is 71.5 cm³/mol. The summed E-state index contributed by atoms with van der Waals surface area (Å²) in [6.07, 6.45) is 3.99. The number of amides is 2. The molecule has 0 atom stereocenters. The van der Waals surface area contributed by atoms with E-state index in [9.17, 15) is 4.79 Å². The number of hydrogen-bond donors (Lipinski definition) is 3. The van der Waals surface area contributed by atoms with Gasteiger partial charge >= 0.3 is 6.03 Å². The number of aryl methyl sites for hydroxylation is 1. The second kappa shape index (κ2) is 6.35. The molecule has 0 bridgehead atoms. The zero-order valence-electron chi connectivity index (χ0n) is 11.2. The van der Waals surface area contributed by atoms with Gasteiger partial charge in [0.2, 0.25) is 0 Å². The topological polar surface area (TPSA) is 74.2 Å². The van der Waals surface area contributed by atoms with E-state index < -0.39 is 0 Å². The van der Waals surface area contributed by atoms with E-state index >= 15 is 0 Å². The van der Waals surface area contributed by atoms with Crippen molar-refractivity contribution in [1.29, 1.82) is 0 Å². The van der Waals surface area contributed by atoms with Crippen LogP contribution in [0.5, 0.6) is 0 Å². The van der Waals surface area contributed by atoms with Crippen LogP contribution in [0.2, 0.25) is 0 Å². The van der Waals surface area contributed by atoms with Gasteiger partial charge in [0.25, 0.3) is 0 Å². The summed E-state index contributed by atoms with van der Waals surface area (Å²) in [6, 6.07) is 1.52. The Hall–Kier alpha value is -1.62. The molecule has 2 amide bonds. The van der Waals surface area contributed by atoms with Crippen LogP contribution in [0.15, 0.2) is 18.5 Å². The molecular formula is C13H21N3O2. The van der Waals surface area contributed by atoms with Gasteiger partial charge in [0.05, 0.1) is 0 Å². The van der Waals surface area contributed by atoms with Crippen LogP contribution in [0.4, 0.5) is 10.5 Å². The largest absolute Gasteiger partial charge is 0.396 e. The molecule has 0 aliphatic heterocycles. The highest BCUT2D eigenvalue weighted by atomic mass is 16.3. The third-order valence-electron chi connectivity index (χ3n) is 2.78. The zero-order valence-corrected chi connectivity index (χ0v) is 11.2. The van der Waals surface area contributed by atoms with Gasteiger partial charge in [-0.2, -0.15) is 0 Å². The Morgan fingerprint density at radius 1 is 1.50 bits per heavy atom. The van der Waals surface area contributed by atoms with Crippen molar-refractivity contribution in [3.8, 4) is 0 Å². The van der Waals surface area contributed by atoms with Crippen molar-refractivity contribution < 1.29 is 9.90 Å². The summed E-state index contributed by atoms with van der Waals surface area (Å²) >= 11 is 0. The van der Waals surface area contributed by atoms with Gasteiger partial charge in [-0.3, -0.25) is 4.98 Å². The van der Waals surface area contributed by atoms with Gasteiger partial charge in [-0.1, -0.05) is 13.8 Å². The molecule has 1 heterocycles. The number of urea groups is 1. The molecule has 0 saturated heterocycles. The molecule has 18 heavy (non-hydrogen) atoms. The molecule has 0 fully saturated rings. The van der Waals surface area contributed by atoms with Crippen LogP contribution in [-0.4, -0.2) is 29.3 Å². The molecule has 0 spiro atoms. The van der Waals surface area contributed by atoms with E-state index in [0.717, 1.165) is 11.3 Å². The number of carbonyl (C=O) groups is 1. The number of aliphatic hydroxyl groups is 1. The number of nitrogens with one attached hydrogen (secondary N) is 2. The molecular weight excluding hydrogens is 230 g/mol. The average molecular weight is 251 g/mol. The average Bonchev–Trinajstić information content (AvgIpc) is 2.30.